The minimum absolute atomic E-state index is 0.892. The largest absolute Gasteiger partial charge is 0.495 e. The number of alkyl halides is 1. The van der Waals surface area contributed by atoms with Gasteiger partial charge in [0.25, 0.3) is 0 Å². The molecule has 0 saturated carbocycles. The number of methoxy groups -OCH3 is 1. The summed E-state index contributed by atoms with van der Waals surface area (Å²) in [5, 5.41) is 0.892. The number of hydrogen-bond acceptors (Lipinski definition) is 1. The fraction of sp³-hybridized carbons (Fsp3) is 0.250. The number of rotatable bonds is 2. The van der Waals surface area contributed by atoms with E-state index in [2.05, 4.69) is 73.2 Å². The zero-order valence-electron chi connectivity index (χ0n) is 6.40. The third-order valence-corrected chi connectivity index (χ3v) is 3.67. The highest BCUT2D eigenvalue weighted by Gasteiger charge is 2.06. The van der Waals surface area contributed by atoms with Gasteiger partial charge in [-0.2, -0.15) is 0 Å². The molecule has 0 heterocycles. The minimum Gasteiger partial charge on any atom is -0.495 e. The van der Waals surface area contributed by atoms with Crippen LogP contribution in [0.5, 0.6) is 5.75 Å². The highest BCUT2D eigenvalue weighted by Crippen LogP contribution is 2.29. The quantitative estimate of drug-likeness (QED) is 0.490. The van der Waals surface area contributed by atoms with Crippen molar-refractivity contribution in [1.82, 2.24) is 0 Å². The van der Waals surface area contributed by atoms with E-state index in [-0.39, 0.29) is 0 Å². The predicted molar refractivity (Wildman–Crippen MR) is 71.1 cm³/mol. The first kappa shape index (κ1) is 11.0. The summed E-state index contributed by atoms with van der Waals surface area (Å²) >= 11 is 7.99. The van der Waals surface area contributed by atoms with Crippen LogP contribution >= 0.6 is 61.1 Å². The second kappa shape index (κ2) is 4.99. The second-order valence-electron chi connectivity index (χ2n) is 2.23. The molecule has 0 fully saturated rings. The Bertz CT molecular complexity index is 265. The van der Waals surface area contributed by atoms with E-state index in [4.69, 9.17) is 4.74 Å². The molecule has 0 bridgehead atoms. The van der Waals surface area contributed by atoms with Gasteiger partial charge in [-0.15, -0.1) is 0 Å². The van der Waals surface area contributed by atoms with Crippen molar-refractivity contribution in [3.63, 3.8) is 0 Å². The standard InChI is InChI=1S/C8H7BrI2O/c1-12-8-6(10)2-5(4-9)3-7(8)11/h2-3H,4H2,1H3. The summed E-state index contributed by atoms with van der Waals surface area (Å²) < 4.78 is 7.57. The van der Waals surface area contributed by atoms with Crippen LogP contribution in [-0.2, 0) is 5.33 Å². The number of hydrogen-bond donors (Lipinski definition) is 0. The SMILES string of the molecule is COc1c(I)cc(CBr)cc1I. The van der Waals surface area contributed by atoms with Crippen molar-refractivity contribution in [1.29, 1.82) is 0 Å². The third-order valence-electron chi connectivity index (χ3n) is 1.42. The van der Waals surface area contributed by atoms with Gasteiger partial charge in [-0.05, 0) is 62.9 Å². The molecule has 0 aliphatic carbocycles. The van der Waals surface area contributed by atoms with Crippen LogP contribution in [0.1, 0.15) is 5.56 Å². The Balaban J connectivity index is 3.18. The van der Waals surface area contributed by atoms with Crippen molar-refractivity contribution in [3.8, 4) is 5.75 Å². The van der Waals surface area contributed by atoms with Crippen LogP contribution in [0.3, 0.4) is 0 Å². The lowest BCUT2D eigenvalue weighted by atomic mass is 10.2. The van der Waals surface area contributed by atoms with Gasteiger partial charge >= 0.3 is 0 Å². The molecule has 0 aliphatic heterocycles. The average Bonchev–Trinajstić information content (AvgIpc) is 2.03. The van der Waals surface area contributed by atoms with E-state index in [1.165, 1.54) is 5.56 Å². The second-order valence-corrected chi connectivity index (χ2v) is 5.11. The fourth-order valence-electron chi connectivity index (χ4n) is 0.885. The predicted octanol–water partition coefficient (Wildman–Crippen LogP) is 3.80. The Hall–Kier alpha value is 0.960. The first-order valence-electron chi connectivity index (χ1n) is 3.27. The summed E-state index contributed by atoms with van der Waals surface area (Å²) in [6, 6.07) is 4.24. The van der Waals surface area contributed by atoms with Crippen LogP contribution in [0.25, 0.3) is 0 Å². The lowest BCUT2D eigenvalue weighted by Crippen LogP contribution is -1.92. The maximum Gasteiger partial charge on any atom is 0.145 e. The van der Waals surface area contributed by atoms with Crippen molar-refractivity contribution in [2.75, 3.05) is 7.11 Å². The Morgan fingerprint density at radius 2 is 1.83 bits per heavy atom. The molecule has 0 amide bonds. The van der Waals surface area contributed by atoms with Crippen LogP contribution in [0, 0.1) is 7.14 Å². The maximum absolute atomic E-state index is 5.24. The molecular formula is C8H7BrI2O. The first-order chi connectivity index (χ1) is 5.69. The molecule has 1 rings (SSSR count). The van der Waals surface area contributed by atoms with Gasteiger partial charge < -0.3 is 4.74 Å². The molecule has 0 aliphatic rings. The normalized spacial score (nSPS) is 10.0. The van der Waals surface area contributed by atoms with Gasteiger partial charge in [-0.25, -0.2) is 0 Å². The van der Waals surface area contributed by atoms with Crippen molar-refractivity contribution < 1.29 is 4.74 Å². The molecule has 1 aromatic rings. The van der Waals surface area contributed by atoms with E-state index in [0.29, 0.717) is 0 Å². The van der Waals surface area contributed by atoms with Gasteiger partial charge in [-0.3, -0.25) is 0 Å². The molecule has 1 aromatic carbocycles. The Kier molecular flexibility index (Phi) is 4.59. The lowest BCUT2D eigenvalue weighted by molar-refractivity contribution is 0.408. The molecule has 66 valence electrons. The smallest absolute Gasteiger partial charge is 0.145 e. The van der Waals surface area contributed by atoms with Gasteiger partial charge in [0.05, 0.1) is 14.3 Å². The van der Waals surface area contributed by atoms with Crippen LogP contribution < -0.4 is 4.74 Å². The van der Waals surface area contributed by atoms with E-state index >= 15 is 0 Å². The molecule has 0 unspecified atom stereocenters. The zero-order chi connectivity index (χ0) is 9.14. The van der Waals surface area contributed by atoms with Crippen molar-refractivity contribution in [3.05, 3.63) is 24.8 Å². The van der Waals surface area contributed by atoms with Gasteiger partial charge in [0, 0.05) is 5.33 Å². The van der Waals surface area contributed by atoms with E-state index in [1.54, 1.807) is 7.11 Å². The summed E-state index contributed by atoms with van der Waals surface area (Å²) in [5.74, 6) is 0.973. The summed E-state index contributed by atoms with van der Waals surface area (Å²) in [4.78, 5) is 0. The van der Waals surface area contributed by atoms with Gasteiger partial charge in [0.2, 0.25) is 0 Å². The molecule has 12 heavy (non-hydrogen) atoms. The molecule has 0 N–H and O–H groups in total. The Labute approximate surface area is 108 Å². The molecule has 0 aromatic heterocycles. The number of halogens is 3. The number of benzene rings is 1. The van der Waals surface area contributed by atoms with Crippen LogP contribution in [0.2, 0.25) is 0 Å². The Morgan fingerprint density at radius 1 is 1.33 bits per heavy atom. The van der Waals surface area contributed by atoms with Crippen LogP contribution in [0.15, 0.2) is 12.1 Å². The molecule has 0 atom stereocenters. The molecule has 1 nitrogen and oxygen atoms in total. The summed E-state index contributed by atoms with van der Waals surface area (Å²) in [5.41, 5.74) is 1.28. The highest BCUT2D eigenvalue weighted by molar-refractivity contribution is 14.1. The Morgan fingerprint density at radius 3 is 2.17 bits per heavy atom. The third kappa shape index (κ3) is 2.47. The lowest BCUT2D eigenvalue weighted by Gasteiger charge is -2.07. The van der Waals surface area contributed by atoms with Gasteiger partial charge in [0.1, 0.15) is 5.75 Å². The van der Waals surface area contributed by atoms with Crippen LogP contribution in [-0.4, -0.2) is 7.11 Å². The number of ether oxygens (including phenoxy) is 1. The average molecular weight is 453 g/mol. The molecule has 0 radical (unpaired) electrons. The van der Waals surface area contributed by atoms with Crippen molar-refractivity contribution in [2.24, 2.45) is 0 Å². The molecular weight excluding hydrogens is 446 g/mol. The van der Waals surface area contributed by atoms with Gasteiger partial charge in [0.15, 0.2) is 0 Å². The van der Waals surface area contributed by atoms with E-state index in [9.17, 15) is 0 Å². The molecule has 0 spiro atoms. The van der Waals surface area contributed by atoms with E-state index < -0.39 is 0 Å². The highest BCUT2D eigenvalue weighted by atomic mass is 127. The first-order valence-corrected chi connectivity index (χ1v) is 6.54. The van der Waals surface area contributed by atoms with Gasteiger partial charge in [-0.1, -0.05) is 15.9 Å². The summed E-state index contributed by atoms with van der Waals surface area (Å²) in [6.45, 7) is 0. The topological polar surface area (TPSA) is 9.23 Å². The molecule has 4 heteroatoms. The minimum atomic E-state index is 0.892. The summed E-state index contributed by atoms with van der Waals surface area (Å²) in [7, 11) is 1.70. The van der Waals surface area contributed by atoms with Crippen molar-refractivity contribution >= 4 is 61.1 Å². The monoisotopic (exact) mass is 452 g/mol. The summed E-state index contributed by atoms with van der Waals surface area (Å²) in [6.07, 6.45) is 0. The van der Waals surface area contributed by atoms with E-state index in [0.717, 1.165) is 18.2 Å². The fourth-order valence-corrected chi connectivity index (χ4v) is 3.55. The van der Waals surface area contributed by atoms with E-state index in [1.807, 2.05) is 0 Å². The maximum atomic E-state index is 5.24. The van der Waals surface area contributed by atoms with Crippen molar-refractivity contribution in [2.45, 2.75) is 5.33 Å². The zero-order valence-corrected chi connectivity index (χ0v) is 12.3. The molecule has 0 saturated heterocycles. The van der Waals surface area contributed by atoms with Crippen LogP contribution in [0.4, 0.5) is 0 Å².